The lowest BCUT2D eigenvalue weighted by atomic mass is 10.1. The van der Waals surface area contributed by atoms with Crippen LogP contribution in [0.4, 0.5) is 0 Å². The van der Waals surface area contributed by atoms with Crippen LogP contribution in [0.15, 0.2) is 48.5 Å². The van der Waals surface area contributed by atoms with Crippen LogP contribution < -0.4 is 10.1 Å². The maximum Gasteiger partial charge on any atom is 0.251 e. The van der Waals surface area contributed by atoms with Crippen molar-refractivity contribution >= 4 is 21.8 Å². The number of carbonyl (C=O) groups is 1. The number of benzene rings is 2. The molecule has 2 aromatic carbocycles. The van der Waals surface area contributed by atoms with E-state index >= 15 is 0 Å². The van der Waals surface area contributed by atoms with E-state index in [0.717, 1.165) is 5.56 Å². The molecule has 0 saturated carbocycles. The third-order valence-corrected chi connectivity index (χ3v) is 3.90. The summed E-state index contributed by atoms with van der Waals surface area (Å²) < 4.78 is 4.95. The Bertz CT molecular complexity index is 616. The van der Waals surface area contributed by atoms with E-state index in [-0.39, 0.29) is 16.5 Å². The van der Waals surface area contributed by atoms with E-state index in [9.17, 15) is 9.90 Å². The van der Waals surface area contributed by atoms with Gasteiger partial charge in [-0.1, -0.05) is 46.3 Å². The molecule has 5 heteroatoms. The molecule has 1 unspecified atom stereocenters. The number of hydrogen-bond donors (Lipinski definition) is 2. The van der Waals surface area contributed by atoms with Crippen molar-refractivity contribution in [3.8, 4) is 11.5 Å². The van der Waals surface area contributed by atoms with Crippen molar-refractivity contribution in [2.45, 2.75) is 4.83 Å². The molecule has 0 heterocycles. The number of methoxy groups -OCH3 is 1. The second-order valence-corrected chi connectivity index (χ2v) is 5.58. The molecule has 21 heavy (non-hydrogen) atoms. The topological polar surface area (TPSA) is 58.6 Å². The minimum atomic E-state index is -0.242. The van der Waals surface area contributed by atoms with E-state index in [2.05, 4.69) is 21.2 Å². The summed E-state index contributed by atoms with van der Waals surface area (Å²) in [5.74, 6) is 0.0474. The second kappa shape index (κ2) is 7.13. The highest BCUT2D eigenvalue weighted by atomic mass is 79.9. The molecule has 2 aromatic rings. The van der Waals surface area contributed by atoms with Gasteiger partial charge in [-0.25, -0.2) is 0 Å². The molecule has 1 amide bonds. The van der Waals surface area contributed by atoms with E-state index < -0.39 is 0 Å². The lowest BCUT2D eigenvalue weighted by molar-refractivity contribution is 0.0953. The van der Waals surface area contributed by atoms with Crippen LogP contribution >= 0.6 is 15.9 Å². The van der Waals surface area contributed by atoms with Crippen LogP contribution in [0.25, 0.3) is 0 Å². The SMILES string of the molecule is COc1ccc(C(=O)NCC(Br)c2ccccc2)cc1O. The average molecular weight is 350 g/mol. The largest absolute Gasteiger partial charge is 0.504 e. The zero-order valence-electron chi connectivity index (χ0n) is 11.5. The summed E-state index contributed by atoms with van der Waals surface area (Å²) in [7, 11) is 1.46. The fraction of sp³-hybridized carbons (Fsp3) is 0.188. The number of phenols is 1. The highest BCUT2D eigenvalue weighted by molar-refractivity contribution is 9.09. The third-order valence-electron chi connectivity index (χ3n) is 3.04. The normalized spacial score (nSPS) is 11.7. The van der Waals surface area contributed by atoms with Gasteiger partial charge >= 0.3 is 0 Å². The number of ether oxygens (including phenoxy) is 1. The molecule has 1 atom stereocenters. The van der Waals surface area contributed by atoms with Gasteiger partial charge in [-0.15, -0.1) is 0 Å². The van der Waals surface area contributed by atoms with E-state index in [4.69, 9.17) is 4.74 Å². The number of rotatable bonds is 5. The number of amides is 1. The smallest absolute Gasteiger partial charge is 0.251 e. The molecule has 0 radical (unpaired) electrons. The Morgan fingerprint density at radius 2 is 2.00 bits per heavy atom. The second-order valence-electron chi connectivity index (χ2n) is 4.47. The number of nitrogens with one attached hydrogen (secondary N) is 1. The predicted molar refractivity (Wildman–Crippen MR) is 85.1 cm³/mol. The zero-order chi connectivity index (χ0) is 15.2. The van der Waals surface area contributed by atoms with Crippen LogP contribution in [0.2, 0.25) is 0 Å². The first-order valence-corrected chi connectivity index (χ1v) is 7.37. The Balaban J connectivity index is 1.97. The summed E-state index contributed by atoms with van der Waals surface area (Å²) >= 11 is 3.54. The Morgan fingerprint density at radius 1 is 1.29 bits per heavy atom. The lowest BCUT2D eigenvalue weighted by Gasteiger charge is -2.12. The fourth-order valence-electron chi connectivity index (χ4n) is 1.90. The van der Waals surface area contributed by atoms with Gasteiger partial charge in [-0.05, 0) is 23.8 Å². The molecule has 0 saturated heterocycles. The van der Waals surface area contributed by atoms with Crippen molar-refractivity contribution in [2.75, 3.05) is 13.7 Å². The van der Waals surface area contributed by atoms with Crippen molar-refractivity contribution < 1.29 is 14.6 Å². The van der Waals surface area contributed by atoms with Gasteiger partial charge in [-0.2, -0.15) is 0 Å². The van der Waals surface area contributed by atoms with Gasteiger partial charge in [0.05, 0.1) is 11.9 Å². The van der Waals surface area contributed by atoms with Crippen molar-refractivity contribution in [1.82, 2.24) is 5.32 Å². The summed E-state index contributed by atoms with van der Waals surface area (Å²) in [6, 6.07) is 14.4. The van der Waals surface area contributed by atoms with Crippen molar-refractivity contribution in [3.05, 3.63) is 59.7 Å². The third kappa shape index (κ3) is 3.98. The molecule has 0 aliphatic rings. The van der Waals surface area contributed by atoms with Gasteiger partial charge in [0, 0.05) is 12.1 Å². The van der Waals surface area contributed by atoms with Gasteiger partial charge in [0.15, 0.2) is 11.5 Å². The monoisotopic (exact) mass is 349 g/mol. The Labute approximate surface area is 131 Å². The number of hydrogen-bond acceptors (Lipinski definition) is 3. The molecule has 0 aliphatic heterocycles. The summed E-state index contributed by atoms with van der Waals surface area (Å²) in [5, 5.41) is 12.5. The summed E-state index contributed by atoms with van der Waals surface area (Å²) in [4.78, 5) is 12.1. The van der Waals surface area contributed by atoms with E-state index in [1.165, 1.54) is 13.2 Å². The molecule has 0 aliphatic carbocycles. The van der Waals surface area contributed by atoms with Gasteiger partial charge in [0.25, 0.3) is 5.91 Å². The first-order valence-electron chi connectivity index (χ1n) is 6.46. The van der Waals surface area contributed by atoms with Gasteiger partial charge in [-0.3, -0.25) is 4.79 Å². The first-order chi connectivity index (χ1) is 10.1. The average Bonchev–Trinajstić information content (AvgIpc) is 2.53. The number of alkyl halides is 1. The molecule has 0 bridgehead atoms. The van der Waals surface area contributed by atoms with Crippen LogP contribution in [0, 0.1) is 0 Å². The highest BCUT2D eigenvalue weighted by Crippen LogP contribution is 2.26. The van der Waals surface area contributed by atoms with Crippen molar-refractivity contribution in [2.24, 2.45) is 0 Å². The van der Waals surface area contributed by atoms with Crippen LogP contribution in [-0.2, 0) is 0 Å². The molecule has 0 fully saturated rings. The predicted octanol–water partition coefficient (Wildman–Crippen LogP) is 3.27. The molecule has 4 nitrogen and oxygen atoms in total. The van der Waals surface area contributed by atoms with E-state index in [1.807, 2.05) is 30.3 Å². The standard InChI is InChI=1S/C16H16BrNO3/c1-21-15-8-7-12(9-14(15)19)16(20)18-10-13(17)11-5-3-2-4-6-11/h2-9,13,19H,10H2,1H3,(H,18,20). The molecular formula is C16H16BrNO3. The van der Waals surface area contributed by atoms with Gasteiger partial charge in [0.1, 0.15) is 0 Å². The Morgan fingerprint density at radius 3 is 2.62 bits per heavy atom. The minimum absolute atomic E-state index is 0.0366. The summed E-state index contributed by atoms with van der Waals surface area (Å²) in [5.41, 5.74) is 1.48. The molecular weight excluding hydrogens is 334 g/mol. The quantitative estimate of drug-likeness (QED) is 0.814. The summed E-state index contributed by atoms with van der Waals surface area (Å²) in [6.45, 7) is 0.454. The van der Waals surface area contributed by atoms with Crippen LogP contribution in [0.3, 0.4) is 0 Å². The maximum atomic E-state index is 12.0. The number of halogens is 1. The molecule has 110 valence electrons. The molecule has 0 spiro atoms. The Hall–Kier alpha value is -2.01. The van der Waals surface area contributed by atoms with E-state index in [1.54, 1.807) is 12.1 Å². The number of carbonyl (C=O) groups excluding carboxylic acids is 1. The molecule has 0 aromatic heterocycles. The number of aromatic hydroxyl groups is 1. The van der Waals surface area contributed by atoms with Crippen LogP contribution in [-0.4, -0.2) is 24.7 Å². The van der Waals surface area contributed by atoms with Crippen molar-refractivity contribution in [1.29, 1.82) is 0 Å². The van der Waals surface area contributed by atoms with Gasteiger partial charge in [0.2, 0.25) is 0 Å². The lowest BCUT2D eigenvalue weighted by Crippen LogP contribution is -2.26. The summed E-state index contributed by atoms with van der Waals surface area (Å²) in [6.07, 6.45) is 0. The van der Waals surface area contributed by atoms with E-state index in [0.29, 0.717) is 17.9 Å². The highest BCUT2D eigenvalue weighted by Gasteiger charge is 2.12. The molecule has 2 N–H and O–H groups in total. The fourth-order valence-corrected chi connectivity index (χ4v) is 2.36. The van der Waals surface area contributed by atoms with Gasteiger partial charge < -0.3 is 15.2 Å². The number of phenolic OH excluding ortho intramolecular Hbond substituents is 1. The zero-order valence-corrected chi connectivity index (χ0v) is 13.1. The van der Waals surface area contributed by atoms with Crippen LogP contribution in [0.5, 0.6) is 11.5 Å². The minimum Gasteiger partial charge on any atom is -0.504 e. The van der Waals surface area contributed by atoms with Crippen molar-refractivity contribution in [3.63, 3.8) is 0 Å². The Kier molecular flexibility index (Phi) is 5.22. The first kappa shape index (κ1) is 15.4. The van der Waals surface area contributed by atoms with Crippen LogP contribution in [0.1, 0.15) is 20.7 Å². The maximum absolute atomic E-state index is 12.0. The molecule has 2 rings (SSSR count).